The Labute approximate surface area is 233 Å². The number of aryl methyl sites for hydroxylation is 1. The number of nitrogens with zero attached hydrogens (tertiary/aromatic N) is 5. The highest BCUT2D eigenvalue weighted by atomic mass is 35.5. The van der Waals surface area contributed by atoms with Gasteiger partial charge in [0, 0.05) is 67.8 Å². The molecule has 3 aliphatic rings. The molecule has 0 amide bonds. The topological polar surface area (TPSA) is 27.5 Å². The molecule has 0 N–H and O–H groups in total. The normalized spacial score (nSPS) is 21.0. The number of piperidine rings is 1. The lowest BCUT2D eigenvalue weighted by molar-refractivity contribution is -0.145. The maximum atomic E-state index is 13.8. The Bertz CT molecular complexity index is 1290. The predicted molar refractivity (Wildman–Crippen MR) is 151 cm³/mol. The molecule has 2 saturated heterocycles. The number of piperazine rings is 1. The summed E-state index contributed by atoms with van der Waals surface area (Å²) in [5.74, 6) is 0.926. The van der Waals surface area contributed by atoms with E-state index < -0.39 is 11.9 Å². The fourth-order valence-electron chi connectivity index (χ4n) is 6.17. The van der Waals surface area contributed by atoms with Crippen molar-refractivity contribution in [3.8, 4) is 11.1 Å². The maximum absolute atomic E-state index is 13.8. The van der Waals surface area contributed by atoms with Crippen LogP contribution in [-0.2, 0) is 6.18 Å². The molecule has 3 fully saturated rings. The van der Waals surface area contributed by atoms with Crippen molar-refractivity contribution in [2.75, 3.05) is 55.6 Å². The van der Waals surface area contributed by atoms with Gasteiger partial charge in [-0.25, -0.2) is 0 Å². The molecule has 9 heteroatoms. The van der Waals surface area contributed by atoms with Gasteiger partial charge in [-0.05, 0) is 73.9 Å². The van der Waals surface area contributed by atoms with Crippen molar-refractivity contribution < 1.29 is 13.2 Å². The highest BCUT2D eigenvalue weighted by Gasteiger charge is 2.39. The molecule has 208 valence electrons. The number of hydrogen-bond acceptors (Lipinski definition) is 4. The van der Waals surface area contributed by atoms with Crippen molar-refractivity contribution in [1.29, 1.82) is 0 Å². The summed E-state index contributed by atoms with van der Waals surface area (Å²) in [7, 11) is 0. The molecule has 1 saturated carbocycles. The van der Waals surface area contributed by atoms with Crippen LogP contribution in [0.4, 0.5) is 24.5 Å². The average molecular weight is 558 g/mol. The number of alkyl halides is 3. The van der Waals surface area contributed by atoms with E-state index in [1.54, 1.807) is 0 Å². The van der Waals surface area contributed by atoms with Gasteiger partial charge in [0.1, 0.15) is 5.69 Å². The molecule has 0 radical (unpaired) electrons. The summed E-state index contributed by atoms with van der Waals surface area (Å²) in [6.07, 6.45) is 1.10. The number of benzene rings is 2. The summed E-state index contributed by atoms with van der Waals surface area (Å²) in [6, 6.07) is 14.1. The lowest BCUT2D eigenvalue weighted by Crippen LogP contribution is -2.47. The molecule has 1 unspecified atom stereocenters. The fourth-order valence-corrected chi connectivity index (χ4v) is 6.33. The SMILES string of the molecule is Cc1cnn(C2CCCN(c3cc(Cl)ccc3-c3ccc(N4CCN(CC5CC5)CC4)cc3)C2)c1C(F)(F)F. The molecule has 3 aromatic rings. The third kappa shape index (κ3) is 5.78. The molecular formula is C30H35ClF3N5. The molecule has 2 aromatic carbocycles. The molecule has 6 rings (SSSR count). The second kappa shape index (κ2) is 10.7. The standard InChI is InChI=1S/C30H35ClF3N5/c1-21-18-35-39(29(21)30(32,33)34)26-3-2-12-38(20-26)28-17-24(31)8-11-27(28)23-6-9-25(10-7-23)37-15-13-36(14-16-37)19-22-4-5-22/h6-11,17-18,22,26H,2-5,12-16,19-20H2,1H3. The molecule has 5 nitrogen and oxygen atoms in total. The quantitative estimate of drug-likeness (QED) is 0.329. The van der Waals surface area contributed by atoms with Crippen LogP contribution in [0.1, 0.15) is 43.0 Å². The van der Waals surface area contributed by atoms with Gasteiger partial charge in [0.25, 0.3) is 0 Å². The van der Waals surface area contributed by atoms with Crippen molar-refractivity contribution in [3.05, 3.63) is 64.9 Å². The van der Waals surface area contributed by atoms with Crippen LogP contribution in [0, 0.1) is 12.8 Å². The van der Waals surface area contributed by atoms with Crippen LogP contribution in [0.25, 0.3) is 11.1 Å². The van der Waals surface area contributed by atoms with Gasteiger partial charge in [-0.1, -0.05) is 29.8 Å². The Morgan fingerprint density at radius 2 is 1.67 bits per heavy atom. The summed E-state index contributed by atoms with van der Waals surface area (Å²) in [6.45, 7) is 8.24. The second-order valence-electron chi connectivity index (χ2n) is 11.3. The van der Waals surface area contributed by atoms with Crippen LogP contribution in [0.5, 0.6) is 0 Å². The van der Waals surface area contributed by atoms with Gasteiger partial charge in [0.2, 0.25) is 0 Å². The number of halogens is 4. The first-order valence-electron chi connectivity index (χ1n) is 14.0. The minimum atomic E-state index is -4.43. The number of anilines is 2. The molecule has 2 aliphatic heterocycles. The molecule has 1 aromatic heterocycles. The third-order valence-electron chi connectivity index (χ3n) is 8.42. The van der Waals surface area contributed by atoms with Gasteiger partial charge in [-0.2, -0.15) is 18.3 Å². The van der Waals surface area contributed by atoms with E-state index in [2.05, 4.69) is 44.1 Å². The Hall–Kier alpha value is -2.71. The van der Waals surface area contributed by atoms with Gasteiger partial charge in [0.15, 0.2) is 0 Å². The molecule has 3 heterocycles. The van der Waals surface area contributed by atoms with E-state index in [1.165, 1.54) is 42.9 Å². The van der Waals surface area contributed by atoms with Gasteiger partial charge in [-0.15, -0.1) is 0 Å². The van der Waals surface area contributed by atoms with Crippen LogP contribution < -0.4 is 9.80 Å². The number of rotatable bonds is 6. The minimum absolute atomic E-state index is 0.160. The van der Waals surface area contributed by atoms with Gasteiger partial charge in [-0.3, -0.25) is 9.58 Å². The zero-order valence-electron chi connectivity index (χ0n) is 22.3. The summed E-state index contributed by atoms with van der Waals surface area (Å²) in [5.41, 5.74) is 3.80. The average Bonchev–Trinajstić information content (AvgIpc) is 3.65. The monoisotopic (exact) mass is 557 g/mol. The minimum Gasteiger partial charge on any atom is -0.369 e. The van der Waals surface area contributed by atoms with Crippen molar-refractivity contribution in [3.63, 3.8) is 0 Å². The summed E-state index contributed by atoms with van der Waals surface area (Å²) >= 11 is 6.44. The van der Waals surface area contributed by atoms with E-state index in [0.29, 0.717) is 18.0 Å². The summed E-state index contributed by atoms with van der Waals surface area (Å²) < 4.78 is 42.6. The van der Waals surface area contributed by atoms with Crippen LogP contribution in [0.2, 0.25) is 5.02 Å². The Balaban J connectivity index is 1.20. The van der Waals surface area contributed by atoms with E-state index in [9.17, 15) is 13.2 Å². The Morgan fingerprint density at radius 1 is 0.923 bits per heavy atom. The summed E-state index contributed by atoms with van der Waals surface area (Å²) in [5, 5.41) is 4.76. The molecule has 39 heavy (non-hydrogen) atoms. The molecule has 1 aliphatic carbocycles. The maximum Gasteiger partial charge on any atom is 0.433 e. The Kier molecular flexibility index (Phi) is 7.27. The second-order valence-corrected chi connectivity index (χ2v) is 11.7. The first kappa shape index (κ1) is 26.5. The van der Waals surface area contributed by atoms with Crippen molar-refractivity contribution in [2.24, 2.45) is 5.92 Å². The van der Waals surface area contributed by atoms with Gasteiger partial charge < -0.3 is 9.80 Å². The van der Waals surface area contributed by atoms with Gasteiger partial charge in [0.05, 0.1) is 12.2 Å². The smallest absolute Gasteiger partial charge is 0.369 e. The zero-order valence-corrected chi connectivity index (χ0v) is 23.1. The number of aromatic nitrogens is 2. The van der Waals surface area contributed by atoms with E-state index in [4.69, 9.17) is 11.6 Å². The third-order valence-corrected chi connectivity index (χ3v) is 8.65. The first-order valence-corrected chi connectivity index (χ1v) is 14.4. The highest BCUT2D eigenvalue weighted by Crippen LogP contribution is 2.39. The van der Waals surface area contributed by atoms with E-state index >= 15 is 0 Å². The largest absolute Gasteiger partial charge is 0.433 e. The molecule has 0 spiro atoms. The first-order chi connectivity index (χ1) is 18.8. The molecular weight excluding hydrogens is 523 g/mol. The van der Waals surface area contributed by atoms with E-state index in [1.807, 2.05) is 18.2 Å². The van der Waals surface area contributed by atoms with Crippen LogP contribution in [0.3, 0.4) is 0 Å². The lowest BCUT2D eigenvalue weighted by Gasteiger charge is -2.37. The van der Waals surface area contributed by atoms with Crippen LogP contribution in [-0.4, -0.2) is 60.5 Å². The van der Waals surface area contributed by atoms with Crippen molar-refractivity contribution >= 4 is 23.0 Å². The van der Waals surface area contributed by atoms with E-state index in [-0.39, 0.29) is 11.6 Å². The molecule has 1 atom stereocenters. The number of hydrogen-bond donors (Lipinski definition) is 0. The van der Waals surface area contributed by atoms with Gasteiger partial charge >= 0.3 is 6.18 Å². The molecule has 0 bridgehead atoms. The Morgan fingerprint density at radius 3 is 2.36 bits per heavy atom. The predicted octanol–water partition coefficient (Wildman–Crippen LogP) is 6.90. The van der Waals surface area contributed by atoms with E-state index in [0.717, 1.165) is 61.9 Å². The van der Waals surface area contributed by atoms with Crippen molar-refractivity contribution in [2.45, 2.75) is 44.8 Å². The highest BCUT2D eigenvalue weighted by molar-refractivity contribution is 6.31. The fraction of sp³-hybridized carbons (Fsp3) is 0.500. The lowest BCUT2D eigenvalue weighted by atomic mass is 9.99. The van der Waals surface area contributed by atoms with Crippen molar-refractivity contribution in [1.82, 2.24) is 14.7 Å². The van der Waals surface area contributed by atoms with Crippen LogP contribution >= 0.6 is 11.6 Å². The summed E-state index contributed by atoms with van der Waals surface area (Å²) in [4.78, 5) is 7.21. The zero-order chi connectivity index (χ0) is 27.1. The van der Waals surface area contributed by atoms with Crippen LogP contribution in [0.15, 0.2) is 48.7 Å².